The highest BCUT2D eigenvalue weighted by atomic mass is 16.6. The van der Waals surface area contributed by atoms with E-state index in [4.69, 9.17) is 0 Å². The number of piperazine rings is 1. The Kier molecular flexibility index (Phi) is 4.52. The SMILES string of the molecule is Cc1cccc(Nc2ncnc(N3CCN(C)CC3)c2[N+](=O)[O-])n1. The van der Waals surface area contributed by atoms with E-state index in [9.17, 15) is 10.1 Å². The Hall–Kier alpha value is -2.81. The van der Waals surface area contributed by atoms with Gasteiger partial charge in [-0.05, 0) is 26.1 Å². The average Bonchev–Trinajstić information content (AvgIpc) is 2.55. The van der Waals surface area contributed by atoms with Crippen molar-refractivity contribution in [2.45, 2.75) is 6.92 Å². The Morgan fingerprint density at radius 2 is 1.96 bits per heavy atom. The minimum absolute atomic E-state index is 0.120. The summed E-state index contributed by atoms with van der Waals surface area (Å²) in [6.07, 6.45) is 1.35. The molecule has 0 radical (unpaired) electrons. The molecule has 9 nitrogen and oxygen atoms in total. The van der Waals surface area contributed by atoms with E-state index in [2.05, 4.69) is 25.2 Å². The molecule has 0 bridgehead atoms. The number of nitro groups is 1. The number of anilines is 3. The van der Waals surface area contributed by atoms with Crippen LogP contribution in [0.2, 0.25) is 0 Å². The Morgan fingerprint density at radius 1 is 1.21 bits per heavy atom. The van der Waals surface area contributed by atoms with E-state index in [1.807, 2.05) is 31.0 Å². The topological polar surface area (TPSA) is 100 Å². The Balaban J connectivity index is 1.95. The van der Waals surface area contributed by atoms with Crippen molar-refractivity contribution in [1.82, 2.24) is 19.9 Å². The fourth-order valence-electron chi connectivity index (χ4n) is 2.61. The summed E-state index contributed by atoms with van der Waals surface area (Å²) in [6, 6.07) is 5.43. The molecule has 3 rings (SSSR count). The van der Waals surface area contributed by atoms with Crippen LogP contribution < -0.4 is 10.2 Å². The molecular weight excluding hydrogens is 310 g/mol. The summed E-state index contributed by atoms with van der Waals surface area (Å²) in [5.41, 5.74) is 0.696. The van der Waals surface area contributed by atoms with Gasteiger partial charge in [-0.25, -0.2) is 15.0 Å². The highest BCUT2D eigenvalue weighted by Crippen LogP contribution is 2.33. The zero-order valence-electron chi connectivity index (χ0n) is 13.6. The van der Waals surface area contributed by atoms with E-state index in [1.54, 1.807) is 6.07 Å². The van der Waals surface area contributed by atoms with Crippen LogP contribution in [0.3, 0.4) is 0 Å². The van der Waals surface area contributed by atoms with Crippen LogP contribution in [0.25, 0.3) is 0 Å². The molecule has 126 valence electrons. The summed E-state index contributed by atoms with van der Waals surface area (Å²) in [6.45, 7) is 4.91. The minimum Gasteiger partial charge on any atom is -0.348 e. The molecule has 1 aliphatic rings. The molecule has 2 aromatic heterocycles. The zero-order chi connectivity index (χ0) is 17.1. The third-order valence-electron chi connectivity index (χ3n) is 3.92. The summed E-state index contributed by atoms with van der Waals surface area (Å²) < 4.78 is 0. The summed E-state index contributed by atoms with van der Waals surface area (Å²) in [5.74, 6) is 1.02. The van der Waals surface area contributed by atoms with Gasteiger partial charge in [0.1, 0.15) is 12.1 Å². The van der Waals surface area contributed by atoms with E-state index in [1.165, 1.54) is 6.33 Å². The van der Waals surface area contributed by atoms with Crippen molar-refractivity contribution in [1.29, 1.82) is 0 Å². The molecule has 2 aromatic rings. The Labute approximate surface area is 139 Å². The quantitative estimate of drug-likeness (QED) is 0.666. The van der Waals surface area contributed by atoms with Gasteiger partial charge in [0.05, 0.1) is 4.92 Å². The molecular formula is C15H19N7O2. The third kappa shape index (κ3) is 3.40. The van der Waals surface area contributed by atoms with Crippen LogP contribution in [0.5, 0.6) is 0 Å². The lowest BCUT2D eigenvalue weighted by Crippen LogP contribution is -2.45. The molecule has 24 heavy (non-hydrogen) atoms. The molecule has 0 atom stereocenters. The highest BCUT2D eigenvalue weighted by molar-refractivity contribution is 5.73. The second-order valence-corrected chi connectivity index (χ2v) is 5.73. The van der Waals surface area contributed by atoms with Gasteiger partial charge in [-0.2, -0.15) is 0 Å². The number of rotatable bonds is 4. The van der Waals surface area contributed by atoms with Crippen LogP contribution in [0, 0.1) is 17.0 Å². The molecule has 9 heteroatoms. The molecule has 0 spiro atoms. The fourth-order valence-corrected chi connectivity index (χ4v) is 2.61. The Bertz CT molecular complexity index is 744. The molecule has 1 fully saturated rings. The molecule has 0 aromatic carbocycles. The van der Waals surface area contributed by atoms with Crippen LogP contribution in [-0.4, -0.2) is 58.0 Å². The van der Waals surface area contributed by atoms with E-state index in [0.717, 1.165) is 18.8 Å². The van der Waals surface area contributed by atoms with Crippen LogP contribution in [0.4, 0.5) is 23.1 Å². The number of hydrogen-bond donors (Lipinski definition) is 1. The molecule has 3 heterocycles. The summed E-state index contributed by atoms with van der Waals surface area (Å²) in [7, 11) is 2.03. The smallest absolute Gasteiger partial charge is 0.348 e. The van der Waals surface area contributed by atoms with Crippen LogP contribution in [0.15, 0.2) is 24.5 Å². The monoisotopic (exact) mass is 329 g/mol. The fraction of sp³-hybridized carbons (Fsp3) is 0.400. The molecule has 0 aliphatic carbocycles. The number of nitrogens with one attached hydrogen (secondary N) is 1. The van der Waals surface area contributed by atoms with Gasteiger partial charge in [0, 0.05) is 31.9 Å². The molecule has 0 saturated carbocycles. The van der Waals surface area contributed by atoms with E-state index in [0.29, 0.717) is 24.7 Å². The number of hydrogen-bond acceptors (Lipinski definition) is 8. The van der Waals surface area contributed by atoms with Crippen LogP contribution >= 0.6 is 0 Å². The molecule has 1 saturated heterocycles. The second-order valence-electron chi connectivity index (χ2n) is 5.73. The number of aryl methyl sites for hydroxylation is 1. The molecule has 1 N–H and O–H groups in total. The number of pyridine rings is 1. The minimum atomic E-state index is -0.439. The van der Waals surface area contributed by atoms with Gasteiger partial charge in [-0.1, -0.05) is 6.07 Å². The maximum absolute atomic E-state index is 11.6. The first-order chi connectivity index (χ1) is 11.5. The van der Waals surface area contributed by atoms with Crippen molar-refractivity contribution in [3.8, 4) is 0 Å². The first-order valence-electron chi connectivity index (χ1n) is 7.68. The van der Waals surface area contributed by atoms with Crippen molar-refractivity contribution < 1.29 is 4.92 Å². The maximum Gasteiger partial charge on any atom is 0.353 e. The lowest BCUT2D eigenvalue weighted by atomic mass is 10.3. The molecule has 0 unspecified atom stereocenters. The van der Waals surface area contributed by atoms with E-state index in [-0.39, 0.29) is 11.5 Å². The van der Waals surface area contributed by atoms with Crippen molar-refractivity contribution in [3.63, 3.8) is 0 Å². The van der Waals surface area contributed by atoms with Gasteiger partial charge in [0.15, 0.2) is 0 Å². The largest absolute Gasteiger partial charge is 0.353 e. The lowest BCUT2D eigenvalue weighted by Gasteiger charge is -2.32. The average molecular weight is 329 g/mol. The van der Waals surface area contributed by atoms with Crippen molar-refractivity contribution >= 4 is 23.1 Å². The van der Waals surface area contributed by atoms with Gasteiger partial charge < -0.3 is 15.1 Å². The maximum atomic E-state index is 11.6. The molecule has 0 amide bonds. The molecule has 1 aliphatic heterocycles. The Morgan fingerprint density at radius 3 is 2.62 bits per heavy atom. The van der Waals surface area contributed by atoms with Crippen LogP contribution in [-0.2, 0) is 0 Å². The summed E-state index contributed by atoms with van der Waals surface area (Å²) in [5, 5.41) is 14.6. The zero-order valence-corrected chi connectivity index (χ0v) is 13.6. The van der Waals surface area contributed by atoms with Crippen molar-refractivity contribution in [3.05, 3.63) is 40.3 Å². The van der Waals surface area contributed by atoms with Gasteiger partial charge in [0.2, 0.25) is 11.6 Å². The number of aromatic nitrogens is 3. The highest BCUT2D eigenvalue weighted by Gasteiger charge is 2.28. The lowest BCUT2D eigenvalue weighted by molar-refractivity contribution is -0.383. The number of nitrogens with zero attached hydrogens (tertiary/aromatic N) is 6. The normalized spacial score (nSPS) is 15.3. The van der Waals surface area contributed by atoms with E-state index >= 15 is 0 Å². The van der Waals surface area contributed by atoms with Gasteiger partial charge in [-0.15, -0.1) is 0 Å². The predicted octanol–water partition coefficient (Wildman–Crippen LogP) is 1.58. The standard InChI is InChI=1S/C15H19N7O2/c1-11-4-3-5-12(18-11)19-14-13(22(23)24)15(17-10-16-14)21-8-6-20(2)7-9-21/h3-5,10H,6-9H2,1-2H3,(H,16,17,18,19). The van der Waals surface area contributed by atoms with Crippen molar-refractivity contribution in [2.75, 3.05) is 43.4 Å². The summed E-state index contributed by atoms with van der Waals surface area (Å²) >= 11 is 0. The number of likely N-dealkylation sites (N-methyl/N-ethyl adjacent to an activating group) is 1. The second kappa shape index (κ2) is 6.75. The first-order valence-corrected chi connectivity index (χ1v) is 7.68. The van der Waals surface area contributed by atoms with Crippen LogP contribution in [0.1, 0.15) is 5.69 Å². The van der Waals surface area contributed by atoms with Gasteiger partial charge in [0.25, 0.3) is 0 Å². The van der Waals surface area contributed by atoms with Gasteiger partial charge in [-0.3, -0.25) is 10.1 Å². The van der Waals surface area contributed by atoms with E-state index < -0.39 is 4.92 Å². The summed E-state index contributed by atoms with van der Waals surface area (Å²) in [4.78, 5) is 27.8. The van der Waals surface area contributed by atoms with Gasteiger partial charge >= 0.3 is 5.69 Å². The third-order valence-corrected chi connectivity index (χ3v) is 3.92. The predicted molar refractivity (Wildman–Crippen MR) is 90.7 cm³/mol. The van der Waals surface area contributed by atoms with Crippen molar-refractivity contribution in [2.24, 2.45) is 0 Å². The first kappa shape index (κ1) is 16.1.